The number of halogens is 1. The second-order valence-electron chi connectivity index (χ2n) is 4.71. The molecule has 1 amide bonds. The van der Waals surface area contributed by atoms with Crippen LogP contribution in [-0.2, 0) is 20.0 Å². The van der Waals surface area contributed by atoms with Gasteiger partial charge < -0.3 is 10.6 Å². The van der Waals surface area contributed by atoms with Crippen molar-refractivity contribution in [1.29, 1.82) is 0 Å². The standard InChI is InChI=1S/C14H19ClN4OS/c1-4-10-12(16)13(18(3)17-10)14(20)19(5-2)8-9-6-7-11(15)21-9/h6-7H,4-5,8,16H2,1-3H3. The molecule has 0 aromatic carbocycles. The van der Waals surface area contributed by atoms with Crippen molar-refractivity contribution in [3.05, 3.63) is 32.7 Å². The van der Waals surface area contributed by atoms with Gasteiger partial charge in [0.05, 0.1) is 22.3 Å². The first-order chi connectivity index (χ1) is 9.97. The summed E-state index contributed by atoms with van der Waals surface area (Å²) in [7, 11) is 1.75. The number of aryl methyl sites for hydroxylation is 2. The molecule has 0 saturated carbocycles. The smallest absolute Gasteiger partial charge is 0.274 e. The van der Waals surface area contributed by atoms with Gasteiger partial charge in [0.1, 0.15) is 5.69 Å². The van der Waals surface area contributed by atoms with Crippen LogP contribution < -0.4 is 5.73 Å². The zero-order valence-corrected chi connectivity index (χ0v) is 14.0. The number of nitrogen functional groups attached to an aromatic ring is 1. The van der Waals surface area contributed by atoms with Crippen LogP contribution in [0.5, 0.6) is 0 Å². The zero-order valence-electron chi connectivity index (χ0n) is 12.4. The van der Waals surface area contributed by atoms with E-state index < -0.39 is 0 Å². The van der Waals surface area contributed by atoms with Gasteiger partial charge in [-0.15, -0.1) is 11.3 Å². The third kappa shape index (κ3) is 3.22. The average Bonchev–Trinajstić information content (AvgIpc) is 2.98. The Morgan fingerprint density at radius 3 is 2.67 bits per heavy atom. The van der Waals surface area contributed by atoms with Crippen LogP contribution in [0.2, 0.25) is 4.34 Å². The van der Waals surface area contributed by atoms with Gasteiger partial charge in [-0.25, -0.2) is 0 Å². The second kappa shape index (κ2) is 6.49. The van der Waals surface area contributed by atoms with Crippen molar-refractivity contribution in [2.24, 2.45) is 7.05 Å². The molecule has 5 nitrogen and oxygen atoms in total. The van der Waals surface area contributed by atoms with Gasteiger partial charge in [0.15, 0.2) is 0 Å². The number of carbonyl (C=O) groups is 1. The summed E-state index contributed by atoms with van der Waals surface area (Å²) in [5, 5.41) is 4.30. The number of rotatable bonds is 5. The van der Waals surface area contributed by atoms with Crippen LogP contribution in [0.4, 0.5) is 5.69 Å². The Bertz CT molecular complexity index is 649. The van der Waals surface area contributed by atoms with Crippen LogP contribution in [-0.4, -0.2) is 27.1 Å². The van der Waals surface area contributed by atoms with E-state index in [1.807, 2.05) is 26.0 Å². The van der Waals surface area contributed by atoms with E-state index in [1.165, 1.54) is 11.3 Å². The van der Waals surface area contributed by atoms with Crippen LogP contribution >= 0.6 is 22.9 Å². The van der Waals surface area contributed by atoms with Gasteiger partial charge in [-0.2, -0.15) is 5.10 Å². The topological polar surface area (TPSA) is 64.2 Å². The fourth-order valence-electron chi connectivity index (χ4n) is 2.21. The lowest BCUT2D eigenvalue weighted by atomic mass is 10.2. The molecular weight excluding hydrogens is 308 g/mol. The third-order valence-corrected chi connectivity index (χ3v) is 4.56. The molecule has 0 aliphatic heterocycles. The van der Waals surface area contributed by atoms with Crippen molar-refractivity contribution in [3.8, 4) is 0 Å². The molecular formula is C14H19ClN4OS. The van der Waals surface area contributed by atoms with Gasteiger partial charge in [0.25, 0.3) is 5.91 Å². The van der Waals surface area contributed by atoms with Crippen molar-refractivity contribution >= 4 is 34.5 Å². The molecule has 0 bridgehead atoms. The minimum atomic E-state index is -0.103. The second-order valence-corrected chi connectivity index (χ2v) is 6.51. The molecule has 2 aromatic rings. The maximum Gasteiger partial charge on any atom is 0.274 e. The molecule has 0 fully saturated rings. The van der Waals surface area contributed by atoms with Crippen molar-refractivity contribution in [1.82, 2.24) is 14.7 Å². The highest BCUT2D eigenvalue weighted by Crippen LogP contribution is 2.24. The summed E-state index contributed by atoms with van der Waals surface area (Å²) in [5.41, 5.74) is 7.75. The van der Waals surface area contributed by atoms with Crippen molar-refractivity contribution < 1.29 is 4.79 Å². The highest BCUT2D eigenvalue weighted by molar-refractivity contribution is 7.16. The van der Waals surface area contributed by atoms with Gasteiger partial charge in [-0.05, 0) is 25.5 Å². The number of hydrogen-bond donors (Lipinski definition) is 1. The summed E-state index contributed by atoms with van der Waals surface area (Å²) in [6.07, 6.45) is 0.708. The lowest BCUT2D eigenvalue weighted by Crippen LogP contribution is -2.32. The summed E-state index contributed by atoms with van der Waals surface area (Å²) in [6.45, 7) is 5.04. The monoisotopic (exact) mass is 326 g/mol. The minimum absolute atomic E-state index is 0.103. The maximum atomic E-state index is 12.7. The van der Waals surface area contributed by atoms with Crippen molar-refractivity contribution in [2.45, 2.75) is 26.8 Å². The predicted molar refractivity (Wildman–Crippen MR) is 86.7 cm³/mol. The number of carbonyl (C=O) groups excluding carboxylic acids is 1. The van der Waals surface area contributed by atoms with E-state index in [2.05, 4.69) is 5.10 Å². The van der Waals surface area contributed by atoms with E-state index in [4.69, 9.17) is 17.3 Å². The fraction of sp³-hybridized carbons (Fsp3) is 0.429. The normalized spacial score (nSPS) is 10.9. The Morgan fingerprint density at radius 2 is 2.19 bits per heavy atom. The number of amides is 1. The van der Waals surface area contributed by atoms with E-state index in [1.54, 1.807) is 16.6 Å². The lowest BCUT2D eigenvalue weighted by Gasteiger charge is -2.20. The largest absolute Gasteiger partial charge is 0.395 e. The van der Waals surface area contributed by atoms with E-state index >= 15 is 0 Å². The number of aromatic nitrogens is 2. The van der Waals surface area contributed by atoms with E-state index in [-0.39, 0.29) is 5.91 Å². The third-order valence-electron chi connectivity index (χ3n) is 3.34. The molecule has 0 unspecified atom stereocenters. The molecule has 0 aliphatic rings. The molecule has 2 rings (SSSR count). The Kier molecular flexibility index (Phi) is 4.90. The molecule has 0 saturated heterocycles. The average molecular weight is 327 g/mol. The van der Waals surface area contributed by atoms with E-state index in [0.717, 1.165) is 14.9 Å². The summed E-state index contributed by atoms with van der Waals surface area (Å²) in [6, 6.07) is 3.78. The molecule has 7 heteroatoms. The Labute approximate surface area is 133 Å². The molecule has 21 heavy (non-hydrogen) atoms. The van der Waals surface area contributed by atoms with Gasteiger partial charge in [-0.3, -0.25) is 9.48 Å². The highest BCUT2D eigenvalue weighted by Gasteiger charge is 2.23. The minimum Gasteiger partial charge on any atom is -0.395 e. The van der Waals surface area contributed by atoms with Crippen LogP contribution in [0.15, 0.2) is 12.1 Å². The first-order valence-corrected chi connectivity index (χ1v) is 8.02. The quantitative estimate of drug-likeness (QED) is 0.918. The van der Waals surface area contributed by atoms with Crippen LogP contribution in [0.3, 0.4) is 0 Å². The molecule has 0 aliphatic carbocycles. The van der Waals surface area contributed by atoms with Gasteiger partial charge in [0, 0.05) is 18.5 Å². The van der Waals surface area contributed by atoms with Crippen LogP contribution in [0, 0.1) is 0 Å². The highest BCUT2D eigenvalue weighted by atomic mass is 35.5. The SMILES string of the molecule is CCc1nn(C)c(C(=O)N(CC)Cc2ccc(Cl)s2)c1N. The molecule has 0 radical (unpaired) electrons. The number of nitrogens with zero attached hydrogens (tertiary/aromatic N) is 3. The molecule has 0 spiro atoms. The Hall–Kier alpha value is -1.53. The van der Waals surface area contributed by atoms with Crippen molar-refractivity contribution in [3.63, 3.8) is 0 Å². The summed E-state index contributed by atoms with van der Waals surface area (Å²) >= 11 is 7.42. The fourth-order valence-corrected chi connectivity index (χ4v) is 3.32. The maximum absolute atomic E-state index is 12.7. The van der Waals surface area contributed by atoms with Crippen molar-refractivity contribution in [2.75, 3.05) is 12.3 Å². The molecule has 2 heterocycles. The Balaban J connectivity index is 2.26. The summed E-state index contributed by atoms with van der Waals surface area (Å²) in [5.74, 6) is -0.103. The number of nitrogens with two attached hydrogens (primary N) is 1. The predicted octanol–water partition coefficient (Wildman–Crippen LogP) is 2.94. The van der Waals surface area contributed by atoms with Crippen LogP contribution in [0.25, 0.3) is 0 Å². The molecule has 2 aromatic heterocycles. The van der Waals surface area contributed by atoms with E-state index in [0.29, 0.717) is 30.9 Å². The Morgan fingerprint density at radius 1 is 1.48 bits per heavy atom. The van der Waals surface area contributed by atoms with Gasteiger partial charge >= 0.3 is 0 Å². The summed E-state index contributed by atoms with van der Waals surface area (Å²) < 4.78 is 2.29. The van der Waals surface area contributed by atoms with Gasteiger partial charge in [-0.1, -0.05) is 18.5 Å². The van der Waals surface area contributed by atoms with E-state index in [9.17, 15) is 4.79 Å². The molecule has 114 valence electrons. The number of thiophene rings is 1. The number of hydrogen-bond acceptors (Lipinski definition) is 4. The zero-order chi connectivity index (χ0) is 15.6. The lowest BCUT2D eigenvalue weighted by molar-refractivity contribution is 0.0744. The first-order valence-electron chi connectivity index (χ1n) is 6.82. The first kappa shape index (κ1) is 15.9. The summed E-state index contributed by atoms with van der Waals surface area (Å²) in [4.78, 5) is 15.5. The van der Waals surface area contributed by atoms with Gasteiger partial charge in [0.2, 0.25) is 0 Å². The molecule has 0 atom stereocenters. The number of anilines is 1. The molecule has 2 N–H and O–H groups in total. The van der Waals surface area contributed by atoms with Crippen LogP contribution in [0.1, 0.15) is 34.9 Å².